The van der Waals surface area contributed by atoms with E-state index in [1.807, 2.05) is 0 Å². The first kappa shape index (κ1) is 23.5. The summed E-state index contributed by atoms with van der Waals surface area (Å²) < 4.78 is 66.5. The fourth-order valence-corrected chi connectivity index (χ4v) is 8.67. The van der Waals surface area contributed by atoms with Gasteiger partial charge < -0.3 is 15.0 Å². The molecule has 0 bridgehead atoms. The fraction of sp³-hybridized carbons (Fsp3) is 0.962. The van der Waals surface area contributed by atoms with Crippen molar-refractivity contribution in [2.24, 2.45) is 52.8 Å². The number of aliphatic hydroxyl groups excluding tert-OH is 1. The van der Waals surface area contributed by atoms with Crippen LogP contribution in [0.3, 0.4) is 0 Å². The second-order valence-electron chi connectivity index (χ2n) is 11.7. The van der Waals surface area contributed by atoms with Crippen molar-refractivity contribution >= 4 is 16.0 Å². The van der Waals surface area contributed by atoms with Crippen LogP contribution in [0.25, 0.3) is 0 Å². The predicted molar refractivity (Wildman–Crippen MR) is 127 cm³/mol. The Labute approximate surface area is 234 Å². The Bertz CT molecular complexity index is 985. The van der Waals surface area contributed by atoms with Crippen molar-refractivity contribution < 1.29 is 57.9 Å². The minimum atomic E-state index is -4.34. The van der Waals surface area contributed by atoms with Crippen LogP contribution in [0.5, 0.6) is 0 Å². The van der Waals surface area contributed by atoms with Crippen LogP contribution in [0.15, 0.2) is 0 Å². The van der Waals surface area contributed by atoms with Gasteiger partial charge in [-0.1, -0.05) is 20.8 Å². The van der Waals surface area contributed by atoms with Crippen LogP contribution < -0.4 is 34.9 Å². The number of fused-ring (bicyclic) bond motifs is 5. The zero-order chi connectivity index (χ0) is 27.6. The van der Waals surface area contributed by atoms with E-state index in [2.05, 4.69) is 26.1 Å². The average Bonchev–Trinajstić information content (AvgIpc) is 3.22. The summed E-state index contributed by atoms with van der Waals surface area (Å²) in [4.78, 5) is 12.2. The molecule has 4 aliphatic rings. The summed E-state index contributed by atoms with van der Waals surface area (Å²) in [5.41, 5.74) is -0.478. The van der Waals surface area contributed by atoms with E-state index < -0.39 is 40.1 Å². The van der Waals surface area contributed by atoms with E-state index in [0.29, 0.717) is 54.8 Å². The van der Waals surface area contributed by atoms with E-state index >= 15 is 0 Å². The van der Waals surface area contributed by atoms with E-state index in [9.17, 15) is 22.9 Å². The molecule has 34 heavy (non-hydrogen) atoms. The number of aliphatic hydroxyl groups is 1. The zero-order valence-electron chi connectivity index (χ0n) is 25.3. The number of rotatable bonds is 7. The van der Waals surface area contributed by atoms with Gasteiger partial charge in [0.2, 0.25) is 5.91 Å². The van der Waals surface area contributed by atoms with E-state index in [-0.39, 0.29) is 60.3 Å². The van der Waals surface area contributed by atoms with Crippen LogP contribution in [0.2, 0.25) is 0 Å². The molecule has 0 radical (unpaired) electrons. The van der Waals surface area contributed by atoms with Crippen molar-refractivity contribution in [3.05, 3.63) is 0 Å². The molecule has 1 amide bonds. The number of nitrogens with one attached hydrogen (secondary N) is 1. The topological polar surface area (TPSA) is 107 Å². The van der Waals surface area contributed by atoms with Gasteiger partial charge in [0.25, 0.3) is 0 Å². The monoisotopic (exact) mass is 509 g/mol. The Morgan fingerprint density at radius 3 is 2.68 bits per heavy atom. The minimum absolute atomic E-state index is 0. The quantitative estimate of drug-likeness (QED) is 0.393. The van der Waals surface area contributed by atoms with Crippen LogP contribution >= 0.6 is 0 Å². The molecule has 0 saturated heterocycles. The first-order valence-electron chi connectivity index (χ1n) is 14.9. The number of carbonyl (C=O) groups excluding carboxylic acids is 1. The summed E-state index contributed by atoms with van der Waals surface area (Å²) in [6, 6.07) is 0. The van der Waals surface area contributed by atoms with Gasteiger partial charge in [0.1, 0.15) is 0 Å². The van der Waals surface area contributed by atoms with Gasteiger partial charge in [-0.25, -0.2) is 8.42 Å². The summed E-state index contributed by atoms with van der Waals surface area (Å²) in [5, 5.41) is 13.1. The van der Waals surface area contributed by atoms with Crippen LogP contribution in [-0.2, 0) is 14.9 Å². The molecule has 0 aromatic rings. The number of hydrogen-bond donors (Lipinski definition) is 2. The van der Waals surface area contributed by atoms with Crippen molar-refractivity contribution in [3.63, 3.8) is 0 Å². The summed E-state index contributed by atoms with van der Waals surface area (Å²) >= 11 is 0. The van der Waals surface area contributed by atoms with Crippen molar-refractivity contribution in [1.29, 1.82) is 0 Å². The molecule has 4 rings (SSSR count). The Morgan fingerprint density at radius 1 is 1.26 bits per heavy atom. The van der Waals surface area contributed by atoms with Crippen molar-refractivity contribution in [3.8, 4) is 0 Å². The predicted octanol–water partition coefficient (Wildman–Crippen LogP) is 0.944. The molecular formula is C26H44NNaO5S. The molecule has 0 aromatic heterocycles. The molecule has 0 aliphatic heterocycles. The molecule has 0 aromatic carbocycles. The summed E-state index contributed by atoms with van der Waals surface area (Å²) in [6.45, 7) is 6.43. The molecule has 4 fully saturated rings. The van der Waals surface area contributed by atoms with Crippen LogP contribution in [0, 0.1) is 52.8 Å². The summed E-state index contributed by atoms with van der Waals surface area (Å²) in [7, 11) is -4.34. The molecule has 4 saturated carbocycles. The van der Waals surface area contributed by atoms with Crippen LogP contribution in [0.4, 0.5) is 0 Å². The summed E-state index contributed by atoms with van der Waals surface area (Å²) in [6.07, 6.45) is 0.533. The van der Waals surface area contributed by atoms with Gasteiger partial charge in [-0.15, -0.1) is 0 Å². The second kappa shape index (κ2) is 11.4. The molecule has 6 unspecified atom stereocenters. The van der Waals surface area contributed by atoms with E-state index in [0.717, 1.165) is 25.7 Å². The van der Waals surface area contributed by atoms with Gasteiger partial charge >= 0.3 is 29.6 Å². The third-order valence-corrected chi connectivity index (χ3v) is 10.6. The fourth-order valence-electron chi connectivity index (χ4n) is 8.32. The maximum Gasteiger partial charge on any atom is 1.00 e. The summed E-state index contributed by atoms with van der Waals surface area (Å²) in [5.74, 6) is 1.85. The molecule has 190 valence electrons. The maximum atomic E-state index is 12.2. The second-order valence-corrected chi connectivity index (χ2v) is 13.2. The van der Waals surface area contributed by atoms with E-state index in [1.54, 1.807) is 0 Å². The Hall–Kier alpha value is 0.340. The van der Waals surface area contributed by atoms with E-state index in [1.165, 1.54) is 0 Å². The molecule has 0 spiro atoms. The van der Waals surface area contributed by atoms with Gasteiger partial charge in [-0.3, -0.25) is 4.79 Å². The Kier molecular flexibility index (Phi) is 7.86. The first-order chi connectivity index (χ1) is 17.0. The molecule has 10 atom stereocenters. The Balaban J connectivity index is 0.00000400. The zero-order valence-corrected chi connectivity index (χ0v) is 24.1. The number of hydrogen-bond acceptors (Lipinski definition) is 5. The standard InChI is InChI=1S/C26H45NO5S.Na/c1-16(4-9-24(29)27-12-13-33(30,31)32)20-7-8-22-21-6-5-18-15-19(28)10-11-26(18,3)23(21)14-17(2)25(20)22;/h16-23,25,28H,4-15H2,1-3H3,(H,27,29)(H,30,31,32);/q;+1/p-1/t16-,17-,18?,19-,20?,21?,22?,23?,25?,26+;/m1./s1/i10D2,15D2;. The molecule has 2 N–H and O–H groups in total. The maximum absolute atomic E-state index is 12.2. The van der Waals surface area contributed by atoms with Crippen molar-refractivity contribution in [2.75, 3.05) is 12.3 Å². The molecule has 6 nitrogen and oxygen atoms in total. The minimum Gasteiger partial charge on any atom is -0.748 e. The SMILES string of the molecule is [2H]C1([2H])C[C@]2(C)C3C[C@@H](C)C4C(CCC4[C@H](C)CCC(=O)NCCS(=O)(=O)[O-])C3CCC2C([2H])([2H])[C@@H]1O.[Na+]. The van der Waals surface area contributed by atoms with Crippen molar-refractivity contribution in [2.45, 2.75) is 91.0 Å². The van der Waals surface area contributed by atoms with Gasteiger partial charge in [-0.2, -0.15) is 0 Å². The molecule has 0 heterocycles. The molecule has 8 heteroatoms. The van der Waals surface area contributed by atoms with Crippen LogP contribution in [-0.4, -0.2) is 42.4 Å². The number of amides is 1. The Morgan fingerprint density at radius 2 is 1.97 bits per heavy atom. The molecule has 4 aliphatic carbocycles. The van der Waals surface area contributed by atoms with Gasteiger partial charge in [-0.05, 0) is 110 Å². The smallest absolute Gasteiger partial charge is 0.748 e. The third-order valence-electron chi connectivity index (χ3n) is 9.87. The largest absolute Gasteiger partial charge is 1.00 e. The molecular weight excluding hydrogens is 461 g/mol. The van der Waals surface area contributed by atoms with Gasteiger partial charge in [0, 0.05) is 18.4 Å². The average molecular weight is 510 g/mol. The van der Waals surface area contributed by atoms with Crippen molar-refractivity contribution in [1.82, 2.24) is 5.32 Å². The van der Waals surface area contributed by atoms with Gasteiger partial charge in [0.05, 0.1) is 22.0 Å². The third kappa shape index (κ3) is 6.07. The normalized spacial score (nSPS) is 47.2. The first-order valence-corrected chi connectivity index (χ1v) is 14.4. The number of carbonyl (C=O) groups is 1. The van der Waals surface area contributed by atoms with E-state index in [4.69, 9.17) is 5.48 Å². The van der Waals surface area contributed by atoms with Gasteiger partial charge in [0.15, 0.2) is 0 Å². The van der Waals surface area contributed by atoms with Crippen LogP contribution in [0.1, 0.15) is 90.4 Å².